The van der Waals surface area contributed by atoms with Crippen LogP contribution in [0.3, 0.4) is 0 Å². The molecule has 0 bridgehead atoms. The lowest BCUT2D eigenvalue weighted by Crippen LogP contribution is -2.54. The molecule has 3 N–H and O–H groups in total. The van der Waals surface area contributed by atoms with Crippen molar-refractivity contribution in [3.8, 4) is 0 Å². The molecule has 5 heteroatoms. The van der Waals surface area contributed by atoms with Crippen molar-refractivity contribution in [3.63, 3.8) is 0 Å². The van der Waals surface area contributed by atoms with Crippen LogP contribution in [0.2, 0.25) is 0 Å². The number of nitrogens with two attached hydrogens (primary N) is 1. The zero-order valence-electron chi connectivity index (χ0n) is 11.6. The molecule has 1 spiro atoms. The summed E-state index contributed by atoms with van der Waals surface area (Å²) in [6.07, 6.45) is 2.49. The summed E-state index contributed by atoms with van der Waals surface area (Å²) in [7, 11) is 0. The molecule has 20 heavy (non-hydrogen) atoms. The molecule has 0 saturated carbocycles. The summed E-state index contributed by atoms with van der Waals surface area (Å²) in [5, 5.41) is 3.31. The second-order valence-corrected chi connectivity index (χ2v) is 5.58. The average molecular weight is 275 g/mol. The molecule has 2 aliphatic heterocycles. The Bertz CT molecular complexity index is 498. The summed E-state index contributed by atoms with van der Waals surface area (Å²) in [4.78, 5) is 14.0. The van der Waals surface area contributed by atoms with Crippen LogP contribution >= 0.6 is 0 Å². The zero-order valence-corrected chi connectivity index (χ0v) is 11.6. The number of hydrogen-bond donors (Lipinski definition) is 2. The van der Waals surface area contributed by atoms with Gasteiger partial charge in [-0.05, 0) is 43.6 Å². The van der Waals surface area contributed by atoms with Gasteiger partial charge in [0.25, 0.3) is 0 Å². The minimum Gasteiger partial charge on any atom is -0.442 e. The van der Waals surface area contributed by atoms with Crippen molar-refractivity contribution in [2.75, 3.05) is 24.5 Å². The Balaban J connectivity index is 1.75. The topological polar surface area (TPSA) is 67.6 Å². The maximum Gasteiger partial charge on any atom is 0.414 e. The summed E-state index contributed by atoms with van der Waals surface area (Å²) < 4.78 is 5.77. The maximum atomic E-state index is 12.3. The largest absolute Gasteiger partial charge is 0.442 e. The fourth-order valence-electron chi connectivity index (χ4n) is 3.02. The quantitative estimate of drug-likeness (QED) is 0.860. The molecular weight excluding hydrogens is 254 g/mol. The van der Waals surface area contributed by atoms with Gasteiger partial charge in [0.1, 0.15) is 5.60 Å². The number of ether oxygens (including phenoxy) is 1. The average Bonchev–Trinajstić information content (AvgIpc) is 2.48. The predicted molar refractivity (Wildman–Crippen MR) is 77.6 cm³/mol. The number of nitrogens with zero attached hydrogens (tertiary/aromatic N) is 1. The van der Waals surface area contributed by atoms with Crippen LogP contribution in [0, 0.1) is 0 Å². The monoisotopic (exact) mass is 275 g/mol. The van der Waals surface area contributed by atoms with Crippen molar-refractivity contribution in [3.05, 3.63) is 29.8 Å². The Morgan fingerprint density at radius 1 is 1.30 bits per heavy atom. The van der Waals surface area contributed by atoms with E-state index in [1.165, 1.54) is 0 Å². The van der Waals surface area contributed by atoms with Crippen LogP contribution < -0.4 is 16.0 Å². The van der Waals surface area contributed by atoms with Crippen LogP contribution in [0.4, 0.5) is 10.5 Å². The highest BCUT2D eigenvalue weighted by atomic mass is 16.6. The zero-order chi connectivity index (χ0) is 14.0. The molecule has 2 aliphatic rings. The third-order valence-corrected chi connectivity index (χ3v) is 4.29. The van der Waals surface area contributed by atoms with E-state index >= 15 is 0 Å². The molecule has 108 valence electrons. The molecule has 0 aliphatic carbocycles. The van der Waals surface area contributed by atoms with Crippen molar-refractivity contribution in [1.82, 2.24) is 5.32 Å². The van der Waals surface area contributed by atoms with Gasteiger partial charge in [0, 0.05) is 25.2 Å². The number of hydrogen-bond acceptors (Lipinski definition) is 4. The van der Waals surface area contributed by atoms with E-state index in [-0.39, 0.29) is 11.7 Å². The normalized spacial score (nSPS) is 21.9. The molecule has 2 saturated heterocycles. The van der Waals surface area contributed by atoms with E-state index in [4.69, 9.17) is 10.5 Å². The Kier molecular flexibility index (Phi) is 3.63. The van der Waals surface area contributed by atoms with Crippen LogP contribution in [0.25, 0.3) is 0 Å². The smallest absolute Gasteiger partial charge is 0.414 e. The maximum absolute atomic E-state index is 12.3. The van der Waals surface area contributed by atoms with Gasteiger partial charge in [0.05, 0.1) is 0 Å². The molecule has 0 radical (unpaired) electrons. The number of carbonyl (C=O) groups excluding carboxylic acids is 1. The second kappa shape index (κ2) is 5.42. The van der Waals surface area contributed by atoms with E-state index in [0.717, 1.165) is 43.6 Å². The second-order valence-electron chi connectivity index (χ2n) is 5.58. The summed E-state index contributed by atoms with van der Waals surface area (Å²) in [5.74, 6) is 0. The van der Waals surface area contributed by atoms with Crippen molar-refractivity contribution < 1.29 is 9.53 Å². The van der Waals surface area contributed by atoms with Gasteiger partial charge in [0.2, 0.25) is 0 Å². The number of benzene rings is 1. The van der Waals surface area contributed by atoms with Gasteiger partial charge < -0.3 is 15.8 Å². The minimum absolute atomic E-state index is 0.229. The van der Waals surface area contributed by atoms with Gasteiger partial charge in [-0.1, -0.05) is 12.1 Å². The third-order valence-electron chi connectivity index (χ3n) is 4.29. The van der Waals surface area contributed by atoms with E-state index < -0.39 is 0 Å². The molecule has 5 nitrogen and oxygen atoms in total. The summed E-state index contributed by atoms with van der Waals surface area (Å²) in [5.41, 5.74) is 7.31. The SMILES string of the molecule is NCc1cccc(N2CCC3(CCNCC3)OC2=O)c1. The fourth-order valence-corrected chi connectivity index (χ4v) is 3.02. The first-order valence-corrected chi connectivity index (χ1v) is 7.23. The lowest BCUT2D eigenvalue weighted by molar-refractivity contribution is -0.0261. The molecule has 2 fully saturated rings. The Morgan fingerprint density at radius 3 is 2.80 bits per heavy atom. The highest BCUT2D eigenvalue weighted by Crippen LogP contribution is 2.33. The van der Waals surface area contributed by atoms with E-state index in [0.29, 0.717) is 13.1 Å². The Labute approximate surface area is 119 Å². The highest BCUT2D eigenvalue weighted by molar-refractivity contribution is 5.88. The van der Waals surface area contributed by atoms with Crippen molar-refractivity contribution in [1.29, 1.82) is 0 Å². The van der Waals surface area contributed by atoms with Crippen LogP contribution in [0.1, 0.15) is 24.8 Å². The number of anilines is 1. The fraction of sp³-hybridized carbons (Fsp3) is 0.533. The molecule has 1 aromatic rings. The molecule has 0 aromatic heterocycles. The van der Waals surface area contributed by atoms with E-state index in [2.05, 4.69) is 5.32 Å². The van der Waals surface area contributed by atoms with Gasteiger partial charge in [0.15, 0.2) is 0 Å². The first-order chi connectivity index (χ1) is 9.72. The standard InChI is InChI=1S/C15H21N3O2/c16-11-12-2-1-3-13(10-12)18-9-6-15(20-14(18)19)4-7-17-8-5-15/h1-3,10,17H,4-9,11,16H2. The van der Waals surface area contributed by atoms with Gasteiger partial charge in [-0.2, -0.15) is 0 Å². The number of piperidine rings is 1. The number of amides is 1. The summed E-state index contributed by atoms with van der Waals surface area (Å²) in [6, 6.07) is 7.79. The summed E-state index contributed by atoms with van der Waals surface area (Å²) in [6.45, 7) is 3.05. The van der Waals surface area contributed by atoms with Crippen molar-refractivity contribution >= 4 is 11.8 Å². The van der Waals surface area contributed by atoms with Gasteiger partial charge in [-0.15, -0.1) is 0 Å². The van der Waals surface area contributed by atoms with Crippen LogP contribution in [0.15, 0.2) is 24.3 Å². The van der Waals surface area contributed by atoms with E-state index in [1.807, 2.05) is 24.3 Å². The number of carbonyl (C=O) groups is 1. The predicted octanol–water partition coefficient (Wildman–Crippen LogP) is 1.61. The molecule has 2 heterocycles. The van der Waals surface area contributed by atoms with Gasteiger partial charge in [-0.3, -0.25) is 4.90 Å². The Morgan fingerprint density at radius 2 is 2.10 bits per heavy atom. The molecule has 0 unspecified atom stereocenters. The van der Waals surface area contributed by atoms with Gasteiger partial charge in [-0.25, -0.2) is 4.79 Å². The Hall–Kier alpha value is -1.59. The summed E-state index contributed by atoms with van der Waals surface area (Å²) >= 11 is 0. The van der Waals surface area contributed by atoms with Crippen LogP contribution in [0.5, 0.6) is 0 Å². The lowest BCUT2D eigenvalue weighted by Gasteiger charge is -2.43. The molecule has 0 atom stereocenters. The molecule has 1 aromatic carbocycles. The first-order valence-electron chi connectivity index (χ1n) is 7.23. The van der Waals surface area contributed by atoms with Crippen LogP contribution in [-0.4, -0.2) is 31.3 Å². The van der Waals surface area contributed by atoms with Gasteiger partial charge >= 0.3 is 6.09 Å². The number of nitrogens with one attached hydrogen (secondary N) is 1. The van der Waals surface area contributed by atoms with Crippen LogP contribution in [-0.2, 0) is 11.3 Å². The lowest BCUT2D eigenvalue weighted by atomic mass is 9.87. The molecule has 3 rings (SSSR count). The van der Waals surface area contributed by atoms with E-state index in [9.17, 15) is 4.79 Å². The third kappa shape index (κ3) is 2.51. The molecule has 1 amide bonds. The van der Waals surface area contributed by atoms with Crippen molar-refractivity contribution in [2.24, 2.45) is 5.73 Å². The van der Waals surface area contributed by atoms with Crippen molar-refractivity contribution in [2.45, 2.75) is 31.4 Å². The van der Waals surface area contributed by atoms with E-state index in [1.54, 1.807) is 4.90 Å². The minimum atomic E-state index is -0.246. The first kappa shape index (κ1) is 13.4. The number of rotatable bonds is 2. The highest BCUT2D eigenvalue weighted by Gasteiger charge is 2.41. The molecular formula is C15H21N3O2.